The Kier molecular flexibility index (Phi) is 4.53. The van der Waals surface area contributed by atoms with Gasteiger partial charge in [0, 0.05) is 13.1 Å². The number of nitrogens with one attached hydrogen (secondary N) is 1. The van der Waals surface area contributed by atoms with E-state index in [1.807, 2.05) is 0 Å². The summed E-state index contributed by atoms with van der Waals surface area (Å²) in [4.78, 5) is 0. The molecule has 0 aromatic heterocycles. The Morgan fingerprint density at radius 3 is 2.30 bits per heavy atom. The highest BCUT2D eigenvalue weighted by Crippen LogP contribution is 2.26. The molecule has 0 radical (unpaired) electrons. The average Bonchev–Trinajstić information content (AvgIpc) is 2.44. The van der Waals surface area contributed by atoms with Gasteiger partial charge in [0.25, 0.3) is 0 Å². The highest BCUT2D eigenvalue weighted by atomic mass is 19.2. The van der Waals surface area contributed by atoms with E-state index in [2.05, 4.69) is 5.32 Å². The SMILES string of the molecule is COc1cc(CNCc2ccc(F)c(F)c2)ccc1O. The van der Waals surface area contributed by atoms with Gasteiger partial charge in [0.05, 0.1) is 7.11 Å². The number of halogens is 2. The summed E-state index contributed by atoms with van der Waals surface area (Å²) in [6.07, 6.45) is 0. The third-order valence-corrected chi connectivity index (χ3v) is 2.89. The minimum absolute atomic E-state index is 0.0804. The lowest BCUT2D eigenvalue weighted by Gasteiger charge is -2.08. The molecule has 0 amide bonds. The molecule has 0 aliphatic carbocycles. The van der Waals surface area contributed by atoms with Crippen LogP contribution < -0.4 is 10.1 Å². The van der Waals surface area contributed by atoms with Crippen LogP contribution in [0.15, 0.2) is 36.4 Å². The van der Waals surface area contributed by atoms with Gasteiger partial charge in [-0.2, -0.15) is 0 Å². The summed E-state index contributed by atoms with van der Waals surface area (Å²) in [6, 6.07) is 8.83. The Morgan fingerprint density at radius 1 is 1.00 bits per heavy atom. The Hall–Kier alpha value is -2.14. The van der Waals surface area contributed by atoms with Crippen LogP contribution in [0.25, 0.3) is 0 Å². The molecular formula is C15H15F2NO2. The molecule has 0 aliphatic rings. The number of ether oxygens (including phenoxy) is 1. The van der Waals surface area contributed by atoms with E-state index in [0.717, 1.165) is 11.6 Å². The minimum atomic E-state index is -0.851. The van der Waals surface area contributed by atoms with Crippen molar-refractivity contribution in [1.82, 2.24) is 5.32 Å². The zero-order valence-corrected chi connectivity index (χ0v) is 11.0. The molecule has 0 saturated heterocycles. The van der Waals surface area contributed by atoms with Gasteiger partial charge in [0.15, 0.2) is 23.1 Å². The van der Waals surface area contributed by atoms with E-state index in [9.17, 15) is 13.9 Å². The van der Waals surface area contributed by atoms with Crippen LogP contribution in [0.1, 0.15) is 11.1 Å². The summed E-state index contributed by atoms with van der Waals surface area (Å²) in [5.41, 5.74) is 1.58. The Morgan fingerprint density at radius 2 is 1.65 bits per heavy atom. The average molecular weight is 279 g/mol. The zero-order valence-electron chi connectivity index (χ0n) is 11.0. The topological polar surface area (TPSA) is 41.5 Å². The first-order chi connectivity index (χ1) is 9.60. The fourth-order valence-corrected chi connectivity index (χ4v) is 1.83. The maximum absolute atomic E-state index is 13.0. The van der Waals surface area contributed by atoms with Crippen molar-refractivity contribution in [3.8, 4) is 11.5 Å². The van der Waals surface area contributed by atoms with Crippen molar-refractivity contribution in [2.75, 3.05) is 7.11 Å². The first-order valence-electron chi connectivity index (χ1n) is 6.10. The summed E-state index contributed by atoms with van der Waals surface area (Å²) in [5, 5.41) is 12.6. The third kappa shape index (κ3) is 3.45. The van der Waals surface area contributed by atoms with E-state index in [-0.39, 0.29) is 5.75 Å². The van der Waals surface area contributed by atoms with Crippen LogP contribution in [0.3, 0.4) is 0 Å². The molecule has 0 saturated carbocycles. The minimum Gasteiger partial charge on any atom is -0.504 e. The molecule has 2 aromatic carbocycles. The Balaban J connectivity index is 1.94. The normalized spacial score (nSPS) is 10.6. The van der Waals surface area contributed by atoms with Gasteiger partial charge in [-0.05, 0) is 35.4 Å². The molecule has 0 fully saturated rings. The predicted octanol–water partition coefficient (Wildman–Crippen LogP) is 2.97. The van der Waals surface area contributed by atoms with Gasteiger partial charge in [-0.15, -0.1) is 0 Å². The smallest absolute Gasteiger partial charge is 0.160 e. The molecule has 2 N–H and O–H groups in total. The van der Waals surface area contributed by atoms with E-state index in [0.29, 0.717) is 24.4 Å². The standard InChI is InChI=1S/C15H15F2NO2/c1-20-15-7-11(3-5-14(15)19)9-18-8-10-2-4-12(16)13(17)6-10/h2-7,18-19H,8-9H2,1H3. The van der Waals surface area contributed by atoms with Crippen molar-refractivity contribution in [1.29, 1.82) is 0 Å². The van der Waals surface area contributed by atoms with Crippen molar-refractivity contribution < 1.29 is 18.6 Å². The van der Waals surface area contributed by atoms with Gasteiger partial charge in [0.1, 0.15) is 0 Å². The van der Waals surface area contributed by atoms with Crippen LogP contribution in [-0.4, -0.2) is 12.2 Å². The maximum atomic E-state index is 13.0. The van der Waals surface area contributed by atoms with Gasteiger partial charge in [-0.25, -0.2) is 8.78 Å². The second-order valence-corrected chi connectivity index (χ2v) is 4.36. The van der Waals surface area contributed by atoms with Gasteiger partial charge in [-0.1, -0.05) is 12.1 Å². The first kappa shape index (κ1) is 14.3. The third-order valence-electron chi connectivity index (χ3n) is 2.89. The summed E-state index contributed by atoms with van der Waals surface area (Å²) in [5.74, 6) is -1.22. The predicted molar refractivity (Wildman–Crippen MR) is 71.6 cm³/mol. The van der Waals surface area contributed by atoms with Crippen molar-refractivity contribution in [3.05, 3.63) is 59.2 Å². The summed E-state index contributed by atoms with van der Waals surface area (Å²) in [7, 11) is 1.48. The monoisotopic (exact) mass is 279 g/mol. The molecule has 5 heteroatoms. The summed E-state index contributed by atoms with van der Waals surface area (Å²) < 4.78 is 30.8. The Labute approximate surface area is 115 Å². The molecule has 0 bridgehead atoms. The molecule has 0 heterocycles. The number of methoxy groups -OCH3 is 1. The lowest BCUT2D eigenvalue weighted by atomic mass is 10.2. The van der Waals surface area contributed by atoms with Crippen LogP contribution in [-0.2, 0) is 13.1 Å². The highest BCUT2D eigenvalue weighted by Gasteiger charge is 2.04. The first-order valence-corrected chi connectivity index (χ1v) is 6.10. The van der Waals surface area contributed by atoms with Gasteiger partial charge < -0.3 is 15.2 Å². The van der Waals surface area contributed by atoms with E-state index < -0.39 is 11.6 Å². The van der Waals surface area contributed by atoms with Crippen LogP contribution in [0, 0.1) is 11.6 Å². The molecule has 0 aliphatic heterocycles. The molecule has 0 spiro atoms. The number of aromatic hydroxyl groups is 1. The van der Waals surface area contributed by atoms with E-state index >= 15 is 0 Å². The number of phenolic OH excluding ortho intramolecular Hbond substituents is 1. The van der Waals surface area contributed by atoms with Crippen molar-refractivity contribution in [2.24, 2.45) is 0 Å². The van der Waals surface area contributed by atoms with Crippen molar-refractivity contribution >= 4 is 0 Å². The number of phenols is 1. The second-order valence-electron chi connectivity index (χ2n) is 4.36. The maximum Gasteiger partial charge on any atom is 0.160 e. The molecule has 2 aromatic rings. The van der Waals surface area contributed by atoms with Crippen LogP contribution in [0.5, 0.6) is 11.5 Å². The van der Waals surface area contributed by atoms with Gasteiger partial charge in [-0.3, -0.25) is 0 Å². The lowest BCUT2D eigenvalue weighted by Crippen LogP contribution is -2.13. The number of rotatable bonds is 5. The Bertz CT molecular complexity index is 602. The molecule has 2 rings (SSSR count). The van der Waals surface area contributed by atoms with E-state index in [1.54, 1.807) is 18.2 Å². The fourth-order valence-electron chi connectivity index (χ4n) is 1.83. The van der Waals surface area contributed by atoms with Crippen LogP contribution in [0.4, 0.5) is 8.78 Å². The molecule has 20 heavy (non-hydrogen) atoms. The second kappa shape index (κ2) is 6.34. The quantitative estimate of drug-likeness (QED) is 0.884. The zero-order chi connectivity index (χ0) is 14.5. The molecule has 3 nitrogen and oxygen atoms in total. The number of hydrogen-bond donors (Lipinski definition) is 2. The highest BCUT2D eigenvalue weighted by molar-refractivity contribution is 5.41. The number of hydrogen-bond acceptors (Lipinski definition) is 3. The van der Waals surface area contributed by atoms with Crippen LogP contribution in [0.2, 0.25) is 0 Å². The largest absolute Gasteiger partial charge is 0.504 e. The van der Waals surface area contributed by atoms with Crippen molar-refractivity contribution in [3.63, 3.8) is 0 Å². The number of benzene rings is 2. The summed E-state index contributed by atoms with van der Waals surface area (Å²) >= 11 is 0. The molecule has 0 unspecified atom stereocenters. The molecule has 106 valence electrons. The fraction of sp³-hybridized carbons (Fsp3) is 0.200. The van der Waals surface area contributed by atoms with Crippen LogP contribution >= 0.6 is 0 Å². The van der Waals surface area contributed by atoms with E-state index in [4.69, 9.17) is 4.74 Å². The van der Waals surface area contributed by atoms with Gasteiger partial charge >= 0.3 is 0 Å². The molecule has 0 atom stereocenters. The van der Waals surface area contributed by atoms with Crippen molar-refractivity contribution in [2.45, 2.75) is 13.1 Å². The van der Waals surface area contributed by atoms with E-state index in [1.165, 1.54) is 19.2 Å². The van der Waals surface area contributed by atoms with Gasteiger partial charge in [0.2, 0.25) is 0 Å². The molecular weight excluding hydrogens is 264 g/mol. The lowest BCUT2D eigenvalue weighted by molar-refractivity contribution is 0.373. The summed E-state index contributed by atoms with van der Waals surface area (Å²) in [6.45, 7) is 0.941.